The molecule has 4 aromatic rings. The average molecular weight is 562 g/mol. The van der Waals surface area contributed by atoms with Crippen LogP contribution >= 0.6 is 50.9 Å². The van der Waals surface area contributed by atoms with Gasteiger partial charge in [0.05, 0.1) is 22.0 Å². The molecular formula is C22H15BrCl2N6OS. The van der Waals surface area contributed by atoms with Gasteiger partial charge in [0, 0.05) is 33.7 Å². The first-order valence-corrected chi connectivity index (χ1v) is 12.1. The van der Waals surface area contributed by atoms with Crippen LogP contribution in [-0.2, 0) is 4.79 Å². The summed E-state index contributed by atoms with van der Waals surface area (Å²) in [4.78, 5) is 16.5. The molecule has 0 spiro atoms. The molecule has 0 aliphatic carbocycles. The maximum absolute atomic E-state index is 12.3. The third-order valence-corrected chi connectivity index (χ3v) is 6.64. The molecule has 0 radical (unpaired) electrons. The van der Waals surface area contributed by atoms with E-state index in [1.165, 1.54) is 18.0 Å². The maximum Gasteiger partial charge on any atom is 0.250 e. The molecule has 166 valence electrons. The topological polar surface area (TPSA) is 85.1 Å². The molecule has 0 bridgehead atoms. The van der Waals surface area contributed by atoms with Gasteiger partial charge in [0.2, 0.25) is 0 Å². The highest BCUT2D eigenvalue weighted by molar-refractivity contribution is 9.10. The molecule has 2 aromatic heterocycles. The monoisotopic (exact) mass is 560 g/mol. The number of thioether (sulfide) groups is 1. The number of nitrogens with zero attached hydrogens (tertiary/aromatic N) is 5. The van der Waals surface area contributed by atoms with E-state index in [9.17, 15) is 4.79 Å². The predicted octanol–water partition coefficient (Wildman–Crippen LogP) is 5.64. The number of hydrogen-bond donors (Lipinski definition) is 1. The SMILES string of the molecule is O=C(CSc1nnc(-c2cccnc2)n1-c1ccc(Br)cc1)NN=Cc1cccc(Cl)c1Cl. The van der Waals surface area contributed by atoms with Crippen LogP contribution in [0.25, 0.3) is 17.1 Å². The van der Waals surface area contributed by atoms with Gasteiger partial charge < -0.3 is 0 Å². The van der Waals surface area contributed by atoms with E-state index in [4.69, 9.17) is 23.2 Å². The van der Waals surface area contributed by atoms with Crippen LogP contribution in [0.3, 0.4) is 0 Å². The quantitative estimate of drug-likeness (QED) is 0.179. The Balaban J connectivity index is 1.50. The van der Waals surface area contributed by atoms with Crippen LogP contribution in [0, 0.1) is 0 Å². The van der Waals surface area contributed by atoms with Crippen LogP contribution in [-0.4, -0.2) is 37.6 Å². The number of hydrazone groups is 1. The molecule has 2 heterocycles. The van der Waals surface area contributed by atoms with Crippen molar-refractivity contribution in [3.63, 3.8) is 0 Å². The van der Waals surface area contributed by atoms with E-state index in [0.29, 0.717) is 26.6 Å². The number of carbonyl (C=O) groups is 1. The van der Waals surface area contributed by atoms with Gasteiger partial charge in [-0.25, -0.2) is 5.43 Å². The summed E-state index contributed by atoms with van der Waals surface area (Å²) in [7, 11) is 0. The largest absolute Gasteiger partial charge is 0.272 e. The Morgan fingerprint density at radius 3 is 2.70 bits per heavy atom. The van der Waals surface area contributed by atoms with Crippen LogP contribution in [0.15, 0.2) is 81.7 Å². The number of carbonyl (C=O) groups excluding carboxylic acids is 1. The standard InChI is InChI=1S/C22H15BrCl2N6OS/c23-16-6-8-17(9-7-16)31-21(15-4-2-10-26-11-15)29-30-22(31)33-13-19(32)28-27-12-14-3-1-5-18(24)20(14)25/h1-12H,13H2,(H,28,32). The summed E-state index contributed by atoms with van der Waals surface area (Å²) in [6, 6.07) is 16.7. The molecule has 0 aliphatic rings. The Labute approximate surface area is 212 Å². The highest BCUT2D eigenvalue weighted by Crippen LogP contribution is 2.28. The Kier molecular flexibility index (Phi) is 7.77. The van der Waals surface area contributed by atoms with Crippen LogP contribution in [0.5, 0.6) is 0 Å². The molecule has 0 saturated carbocycles. The summed E-state index contributed by atoms with van der Waals surface area (Å²) in [5.41, 5.74) is 4.76. The fourth-order valence-corrected chi connectivity index (χ4v) is 4.19. The highest BCUT2D eigenvalue weighted by atomic mass is 79.9. The number of amides is 1. The Morgan fingerprint density at radius 1 is 1.12 bits per heavy atom. The Bertz CT molecular complexity index is 1300. The molecule has 11 heteroatoms. The third-order valence-electron chi connectivity index (χ3n) is 4.34. The van der Waals surface area contributed by atoms with Crippen LogP contribution < -0.4 is 5.43 Å². The Morgan fingerprint density at radius 2 is 1.94 bits per heavy atom. The van der Waals surface area contributed by atoms with E-state index in [0.717, 1.165) is 15.7 Å². The minimum absolute atomic E-state index is 0.0856. The summed E-state index contributed by atoms with van der Waals surface area (Å²) in [5, 5.41) is 13.9. The molecule has 7 nitrogen and oxygen atoms in total. The smallest absolute Gasteiger partial charge is 0.250 e. The number of rotatable bonds is 7. The van der Waals surface area contributed by atoms with E-state index in [-0.39, 0.29) is 11.7 Å². The van der Waals surface area contributed by atoms with Crippen LogP contribution in [0.1, 0.15) is 5.56 Å². The van der Waals surface area contributed by atoms with Gasteiger partial charge in [0.15, 0.2) is 11.0 Å². The van der Waals surface area contributed by atoms with Gasteiger partial charge in [-0.05, 0) is 42.5 Å². The summed E-state index contributed by atoms with van der Waals surface area (Å²) >= 11 is 16.8. The summed E-state index contributed by atoms with van der Waals surface area (Å²) in [6.45, 7) is 0. The lowest BCUT2D eigenvalue weighted by Gasteiger charge is -2.10. The lowest BCUT2D eigenvalue weighted by molar-refractivity contribution is -0.118. The average Bonchev–Trinajstić information content (AvgIpc) is 3.25. The van der Waals surface area contributed by atoms with Crippen LogP contribution in [0.4, 0.5) is 0 Å². The fraction of sp³-hybridized carbons (Fsp3) is 0.0455. The minimum Gasteiger partial charge on any atom is -0.272 e. The Hall–Kier alpha value is -2.72. The zero-order chi connectivity index (χ0) is 23.2. The molecule has 2 aromatic carbocycles. The number of benzene rings is 2. The molecule has 1 amide bonds. The van der Waals surface area contributed by atoms with E-state index >= 15 is 0 Å². The molecule has 0 atom stereocenters. The molecule has 0 fully saturated rings. The second kappa shape index (κ2) is 10.9. The van der Waals surface area contributed by atoms with Gasteiger partial charge in [-0.2, -0.15) is 5.10 Å². The number of hydrogen-bond acceptors (Lipinski definition) is 6. The zero-order valence-electron chi connectivity index (χ0n) is 16.8. The van der Waals surface area contributed by atoms with Crippen molar-refractivity contribution in [1.82, 2.24) is 25.2 Å². The van der Waals surface area contributed by atoms with Gasteiger partial charge >= 0.3 is 0 Å². The molecule has 4 rings (SSSR count). The van der Waals surface area contributed by atoms with Gasteiger partial charge in [0.1, 0.15) is 0 Å². The van der Waals surface area contributed by atoms with Crippen molar-refractivity contribution < 1.29 is 4.79 Å². The fourth-order valence-electron chi connectivity index (χ4n) is 2.82. The molecule has 1 N–H and O–H groups in total. The van der Waals surface area contributed by atoms with Crippen molar-refractivity contribution >= 4 is 63.0 Å². The number of nitrogens with one attached hydrogen (secondary N) is 1. The second-order valence-electron chi connectivity index (χ2n) is 6.58. The number of pyridine rings is 1. The molecular weight excluding hydrogens is 547 g/mol. The maximum atomic E-state index is 12.3. The first kappa shape index (κ1) is 23.4. The molecule has 0 unspecified atom stereocenters. The molecule has 0 aliphatic heterocycles. The van der Waals surface area contributed by atoms with Gasteiger partial charge in [-0.1, -0.05) is 63.0 Å². The van der Waals surface area contributed by atoms with E-state index in [1.807, 2.05) is 41.0 Å². The zero-order valence-corrected chi connectivity index (χ0v) is 20.7. The highest BCUT2D eigenvalue weighted by Gasteiger charge is 2.17. The number of aromatic nitrogens is 4. The van der Waals surface area contributed by atoms with Crippen molar-refractivity contribution in [3.8, 4) is 17.1 Å². The van der Waals surface area contributed by atoms with Gasteiger partial charge in [-0.15, -0.1) is 10.2 Å². The van der Waals surface area contributed by atoms with Crippen molar-refractivity contribution in [2.75, 3.05) is 5.75 Å². The van der Waals surface area contributed by atoms with E-state index in [1.54, 1.807) is 30.6 Å². The predicted molar refractivity (Wildman–Crippen MR) is 135 cm³/mol. The molecule has 33 heavy (non-hydrogen) atoms. The van der Waals surface area contributed by atoms with Gasteiger partial charge in [0.25, 0.3) is 5.91 Å². The first-order valence-electron chi connectivity index (χ1n) is 9.53. The van der Waals surface area contributed by atoms with Crippen molar-refractivity contribution in [2.45, 2.75) is 5.16 Å². The summed E-state index contributed by atoms with van der Waals surface area (Å²) in [6.07, 6.45) is 4.86. The summed E-state index contributed by atoms with van der Waals surface area (Å²) < 4.78 is 2.84. The lowest BCUT2D eigenvalue weighted by Crippen LogP contribution is -2.20. The minimum atomic E-state index is -0.303. The van der Waals surface area contributed by atoms with E-state index < -0.39 is 0 Å². The number of halogens is 3. The van der Waals surface area contributed by atoms with Crippen molar-refractivity contribution in [1.29, 1.82) is 0 Å². The normalized spacial score (nSPS) is 11.1. The molecule has 0 saturated heterocycles. The van der Waals surface area contributed by atoms with Gasteiger partial charge in [-0.3, -0.25) is 14.3 Å². The van der Waals surface area contributed by atoms with Crippen molar-refractivity contribution in [3.05, 3.63) is 87.1 Å². The summed E-state index contributed by atoms with van der Waals surface area (Å²) in [5.74, 6) is 0.409. The van der Waals surface area contributed by atoms with E-state index in [2.05, 4.69) is 41.6 Å². The van der Waals surface area contributed by atoms with Crippen molar-refractivity contribution in [2.24, 2.45) is 5.10 Å². The van der Waals surface area contributed by atoms with Crippen LogP contribution in [0.2, 0.25) is 10.0 Å². The second-order valence-corrected chi connectivity index (χ2v) is 9.23. The first-order chi connectivity index (χ1) is 16.0. The lowest BCUT2D eigenvalue weighted by atomic mass is 10.2. The third kappa shape index (κ3) is 5.80.